The predicted molar refractivity (Wildman–Crippen MR) is 82.1 cm³/mol. The van der Waals surface area contributed by atoms with Crippen molar-refractivity contribution in [1.82, 2.24) is 10.0 Å². The van der Waals surface area contributed by atoms with E-state index in [1.807, 2.05) is 24.4 Å². The average Bonchev–Trinajstić information content (AvgIpc) is 2.97. The standard InChI is InChI=1S/C14H17FN2O2S2/c1-2-16-9-11-5-6-13(15)14(8-11)21(18,19)17-10-12-4-3-7-20-12/h3-8,16-17H,2,9-10H2,1H3. The molecule has 0 aliphatic rings. The molecule has 2 aromatic rings. The van der Waals surface area contributed by atoms with Gasteiger partial charge in [-0.2, -0.15) is 0 Å². The third-order valence-electron chi connectivity index (χ3n) is 2.88. The van der Waals surface area contributed by atoms with E-state index >= 15 is 0 Å². The minimum atomic E-state index is -3.86. The molecule has 0 aliphatic heterocycles. The molecule has 0 spiro atoms. The maximum absolute atomic E-state index is 13.8. The summed E-state index contributed by atoms with van der Waals surface area (Å²) in [6.07, 6.45) is 0. The Hall–Kier alpha value is -1.28. The zero-order valence-electron chi connectivity index (χ0n) is 11.6. The van der Waals surface area contributed by atoms with E-state index in [0.29, 0.717) is 6.54 Å². The molecule has 0 atom stereocenters. The monoisotopic (exact) mass is 328 g/mol. The second-order valence-corrected chi connectivity index (χ2v) is 7.22. The van der Waals surface area contributed by atoms with E-state index in [1.165, 1.54) is 23.5 Å². The molecule has 1 aromatic carbocycles. The van der Waals surface area contributed by atoms with Gasteiger partial charge in [0.25, 0.3) is 0 Å². The number of benzene rings is 1. The number of hydrogen-bond acceptors (Lipinski definition) is 4. The predicted octanol–water partition coefficient (Wildman–Crippen LogP) is 2.48. The van der Waals surface area contributed by atoms with Crippen molar-refractivity contribution in [2.24, 2.45) is 0 Å². The maximum Gasteiger partial charge on any atom is 0.243 e. The lowest BCUT2D eigenvalue weighted by Gasteiger charge is -2.09. The van der Waals surface area contributed by atoms with E-state index in [1.54, 1.807) is 6.07 Å². The molecule has 0 radical (unpaired) electrons. The molecule has 0 saturated carbocycles. The lowest BCUT2D eigenvalue weighted by molar-refractivity contribution is 0.555. The SMILES string of the molecule is CCNCc1ccc(F)c(S(=O)(=O)NCc2cccs2)c1. The van der Waals surface area contributed by atoms with Crippen LogP contribution in [0.1, 0.15) is 17.4 Å². The highest BCUT2D eigenvalue weighted by atomic mass is 32.2. The molecule has 0 unspecified atom stereocenters. The number of sulfonamides is 1. The summed E-state index contributed by atoms with van der Waals surface area (Å²) in [4.78, 5) is 0.567. The Morgan fingerprint density at radius 2 is 2.05 bits per heavy atom. The van der Waals surface area contributed by atoms with E-state index in [9.17, 15) is 12.8 Å². The zero-order chi connectivity index (χ0) is 15.3. The van der Waals surface area contributed by atoms with E-state index in [4.69, 9.17) is 0 Å². The van der Waals surface area contributed by atoms with Crippen LogP contribution in [-0.2, 0) is 23.1 Å². The highest BCUT2D eigenvalue weighted by Gasteiger charge is 2.19. The number of thiophene rings is 1. The van der Waals surface area contributed by atoms with Crippen molar-refractivity contribution in [3.63, 3.8) is 0 Å². The quantitative estimate of drug-likeness (QED) is 0.821. The zero-order valence-corrected chi connectivity index (χ0v) is 13.2. The fourth-order valence-corrected chi connectivity index (χ4v) is 3.66. The van der Waals surface area contributed by atoms with Gasteiger partial charge in [-0.05, 0) is 35.7 Å². The summed E-state index contributed by atoms with van der Waals surface area (Å²) in [6, 6.07) is 7.80. The van der Waals surface area contributed by atoms with Gasteiger partial charge in [-0.3, -0.25) is 0 Å². The van der Waals surface area contributed by atoms with Gasteiger partial charge < -0.3 is 5.32 Å². The van der Waals surface area contributed by atoms with Crippen molar-refractivity contribution in [3.05, 3.63) is 52.0 Å². The van der Waals surface area contributed by atoms with Crippen LogP contribution in [0.2, 0.25) is 0 Å². The van der Waals surface area contributed by atoms with Gasteiger partial charge in [0.2, 0.25) is 10.0 Å². The van der Waals surface area contributed by atoms with E-state index in [0.717, 1.165) is 17.0 Å². The Bertz CT molecular complexity index is 685. The van der Waals surface area contributed by atoms with Crippen LogP contribution in [0.3, 0.4) is 0 Å². The molecular formula is C14H17FN2O2S2. The molecule has 0 bridgehead atoms. The largest absolute Gasteiger partial charge is 0.313 e. The van der Waals surface area contributed by atoms with Gasteiger partial charge in [0.05, 0.1) is 0 Å². The molecule has 21 heavy (non-hydrogen) atoms. The lowest BCUT2D eigenvalue weighted by Crippen LogP contribution is -2.24. The van der Waals surface area contributed by atoms with Crippen molar-refractivity contribution < 1.29 is 12.8 Å². The molecule has 114 valence electrons. The van der Waals surface area contributed by atoms with Crippen molar-refractivity contribution >= 4 is 21.4 Å². The third-order valence-corrected chi connectivity index (χ3v) is 5.17. The first-order valence-corrected chi connectivity index (χ1v) is 8.90. The fraction of sp³-hybridized carbons (Fsp3) is 0.286. The average molecular weight is 328 g/mol. The molecule has 0 saturated heterocycles. The van der Waals surface area contributed by atoms with Crippen molar-refractivity contribution in [2.45, 2.75) is 24.9 Å². The molecular weight excluding hydrogens is 311 g/mol. The van der Waals surface area contributed by atoms with Crippen LogP contribution in [0.4, 0.5) is 4.39 Å². The fourth-order valence-electron chi connectivity index (χ4n) is 1.79. The smallest absolute Gasteiger partial charge is 0.243 e. The maximum atomic E-state index is 13.8. The van der Waals surface area contributed by atoms with Gasteiger partial charge in [0, 0.05) is 18.0 Å². The van der Waals surface area contributed by atoms with E-state index < -0.39 is 15.8 Å². The first kappa shape index (κ1) is 16.1. The minimum Gasteiger partial charge on any atom is -0.313 e. The number of rotatable bonds is 7. The van der Waals surface area contributed by atoms with Crippen LogP contribution in [0.25, 0.3) is 0 Å². The van der Waals surface area contributed by atoms with Crippen LogP contribution < -0.4 is 10.0 Å². The molecule has 7 heteroatoms. The third kappa shape index (κ3) is 4.34. The first-order chi connectivity index (χ1) is 10.0. The molecule has 1 aromatic heterocycles. The summed E-state index contributed by atoms with van der Waals surface area (Å²) in [5.41, 5.74) is 0.731. The Balaban J connectivity index is 2.17. The highest BCUT2D eigenvalue weighted by Crippen LogP contribution is 2.17. The normalized spacial score (nSPS) is 11.7. The molecule has 1 heterocycles. The Morgan fingerprint density at radius 3 is 2.71 bits per heavy atom. The van der Waals surface area contributed by atoms with Crippen LogP contribution in [0.5, 0.6) is 0 Å². The van der Waals surface area contributed by atoms with Crippen LogP contribution in [0, 0.1) is 5.82 Å². The van der Waals surface area contributed by atoms with Gasteiger partial charge >= 0.3 is 0 Å². The van der Waals surface area contributed by atoms with Gasteiger partial charge in [0.1, 0.15) is 10.7 Å². The van der Waals surface area contributed by atoms with E-state index in [-0.39, 0.29) is 11.4 Å². The second-order valence-electron chi connectivity index (χ2n) is 4.45. The summed E-state index contributed by atoms with van der Waals surface area (Å²) < 4.78 is 40.7. The molecule has 2 N–H and O–H groups in total. The Labute approximate surface area is 128 Å². The Kier molecular flexibility index (Phi) is 5.46. The minimum absolute atomic E-state index is 0.164. The Morgan fingerprint density at radius 1 is 1.24 bits per heavy atom. The van der Waals surface area contributed by atoms with E-state index in [2.05, 4.69) is 10.0 Å². The molecule has 4 nitrogen and oxygen atoms in total. The summed E-state index contributed by atoms with van der Waals surface area (Å²) in [5, 5.41) is 4.94. The van der Waals surface area contributed by atoms with Crippen molar-refractivity contribution in [1.29, 1.82) is 0 Å². The highest BCUT2D eigenvalue weighted by molar-refractivity contribution is 7.89. The second kappa shape index (κ2) is 7.13. The molecule has 0 aliphatic carbocycles. The van der Waals surface area contributed by atoms with Crippen molar-refractivity contribution in [3.8, 4) is 0 Å². The molecule has 0 fully saturated rings. The summed E-state index contributed by atoms with van der Waals surface area (Å²) >= 11 is 1.45. The molecule has 2 rings (SSSR count). The topological polar surface area (TPSA) is 58.2 Å². The van der Waals surface area contributed by atoms with Gasteiger partial charge in [0.15, 0.2) is 0 Å². The van der Waals surface area contributed by atoms with Gasteiger partial charge in [-0.1, -0.05) is 19.1 Å². The first-order valence-electron chi connectivity index (χ1n) is 6.54. The number of halogens is 1. The summed E-state index contributed by atoms with van der Waals surface area (Å²) in [6.45, 7) is 3.38. The number of nitrogens with one attached hydrogen (secondary N) is 2. The molecule has 0 amide bonds. The lowest BCUT2D eigenvalue weighted by atomic mass is 10.2. The van der Waals surface area contributed by atoms with Crippen LogP contribution in [0.15, 0.2) is 40.6 Å². The van der Waals surface area contributed by atoms with Crippen LogP contribution in [-0.4, -0.2) is 15.0 Å². The summed E-state index contributed by atoms with van der Waals surface area (Å²) in [5.74, 6) is -0.742. The van der Waals surface area contributed by atoms with Gasteiger partial charge in [-0.15, -0.1) is 11.3 Å². The van der Waals surface area contributed by atoms with Crippen LogP contribution >= 0.6 is 11.3 Å². The van der Waals surface area contributed by atoms with Crippen molar-refractivity contribution in [2.75, 3.05) is 6.54 Å². The summed E-state index contributed by atoms with van der Waals surface area (Å²) in [7, 11) is -3.86. The van der Waals surface area contributed by atoms with Gasteiger partial charge in [-0.25, -0.2) is 17.5 Å². The number of hydrogen-bond donors (Lipinski definition) is 2.